The molecule has 0 aromatic rings. The van der Waals surface area contributed by atoms with Crippen molar-refractivity contribution < 1.29 is 14.3 Å². The molecule has 4 heteroatoms. The predicted octanol–water partition coefficient (Wildman–Crippen LogP) is 1.20. The molecule has 0 amide bonds. The highest BCUT2D eigenvalue weighted by Gasteiger charge is 2.15. The maximum Gasteiger partial charge on any atom is 0.309 e. The van der Waals surface area contributed by atoms with E-state index < -0.39 is 0 Å². The average molecular weight is 217 g/mol. The molecule has 0 heterocycles. The maximum absolute atomic E-state index is 11.1. The molecular formula is C11H23NO3. The van der Waals surface area contributed by atoms with Gasteiger partial charge in [0.1, 0.15) is 0 Å². The van der Waals surface area contributed by atoms with Crippen LogP contribution in [0.5, 0.6) is 0 Å². The lowest BCUT2D eigenvalue weighted by atomic mass is 10.1. The van der Waals surface area contributed by atoms with Crippen molar-refractivity contribution in [1.82, 2.24) is 5.32 Å². The number of ether oxygens (including phenoxy) is 2. The van der Waals surface area contributed by atoms with Gasteiger partial charge >= 0.3 is 5.97 Å². The van der Waals surface area contributed by atoms with Crippen molar-refractivity contribution in [2.45, 2.75) is 32.7 Å². The zero-order valence-corrected chi connectivity index (χ0v) is 10.2. The Kier molecular flexibility index (Phi) is 8.33. The highest BCUT2D eigenvalue weighted by atomic mass is 16.5. The van der Waals surface area contributed by atoms with E-state index >= 15 is 0 Å². The summed E-state index contributed by atoms with van der Waals surface area (Å²) >= 11 is 0. The summed E-state index contributed by atoms with van der Waals surface area (Å²) in [5.74, 6) is -0.277. The van der Waals surface area contributed by atoms with Gasteiger partial charge in [-0.3, -0.25) is 4.79 Å². The molecule has 0 radical (unpaired) electrons. The van der Waals surface area contributed by atoms with Gasteiger partial charge in [-0.15, -0.1) is 0 Å². The lowest BCUT2D eigenvalue weighted by molar-refractivity contribution is -0.144. The molecule has 2 atom stereocenters. The third-order valence-corrected chi connectivity index (χ3v) is 2.32. The number of hydrogen-bond donors (Lipinski definition) is 1. The van der Waals surface area contributed by atoms with Crippen molar-refractivity contribution in [3.05, 3.63) is 0 Å². The van der Waals surface area contributed by atoms with Gasteiger partial charge in [0.05, 0.1) is 19.6 Å². The molecular weight excluding hydrogens is 194 g/mol. The second-order valence-electron chi connectivity index (χ2n) is 3.77. The monoisotopic (exact) mass is 217 g/mol. The predicted molar refractivity (Wildman–Crippen MR) is 59.8 cm³/mol. The molecule has 0 aliphatic heterocycles. The Morgan fingerprint density at radius 1 is 1.40 bits per heavy atom. The summed E-state index contributed by atoms with van der Waals surface area (Å²) < 4.78 is 9.75. The van der Waals surface area contributed by atoms with Crippen LogP contribution in [0, 0.1) is 5.92 Å². The third-order valence-electron chi connectivity index (χ3n) is 2.32. The summed E-state index contributed by atoms with van der Waals surface area (Å²) in [6, 6.07) is 0.326. The van der Waals surface area contributed by atoms with Crippen LogP contribution >= 0.6 is 0 Å². The normalized spacial score (nSPS) is 14.7. The number of rotatable bonds is 8. The van der Waals surface area contributed by atoms with Crippen molar-refractivity contribution in [3.63, 3.8) is 0 Å². The van der Waals surface area contributed by atoms with E-state index in [4.69, 9.17) is 4.74 Å². The molecule has 0 aromatic carbocycles. The Morgan fingerprint density at radius 2 is 2.07 bits per heavy atom. The first-order chi connectivity index (χ1) is 7.15. The number of nitrogens with one attached hydrogen (secondary N) is 1. The minimum Gasteiger partial charge on any atom is -0.469 e. The van der Waals surface area contributed by atoms with Gasteiger partial charge in [0.25, 0.3) is 0 Å². The second kappa shape index (κ2) is 8.68. The number of carbonyl (C=O) groups is 1. The molecule has 0 aliphatic carbocycles. The van der Waals surface area contributed by atoms with E-state index in [0.29, 0.717) is 19.2 Å². The summed E-state index contributed by atoms with van der Waals surface area (Å²) in [5.41, 5.74) is 0. The van der Waals surface area contributed by atoms with E-state index in [1.54, 1.807) is 7.11 Å². The van der Waals surface area contributed by atoms with Crippen molar-refractivity contribution in [3.8, 4) is 0 Å². The summed E-state index contributed by atoms with van der Waals surface area (Å²) in [6.07, 6.45) is 2.16. The quantitative estimate of drug-likeness (QED) is 0.621. The van der Waals surface area contributed by atoms with Crippen molar-refractivity contribution in [2.24, 2.45) is 5.92 Å². The Balaban J connectivity index is 3.81. The SMILES string of the molecule is CCCC(COC)NCC(C)C(=O)OC. The second-order valence-corrected chi connectivity index (χ2v) is 3.77. The summed E-state index contributed by atoms with van der Waals surface area (Å²) in [4.78, 5) is 11.1. The molecule has 0 saturated heterocycles. The van der Waals surface area contributed by atoms with Gasteiger partial charge in [-0.2, -0.15) is 0 Å². The smallest absolute Gasteiger partial charge is 0.309 e. The molecule has 1 N–H and O–H groups in total. The Hall–Kier alpha value is -0.610. The lowest BCUT2D eigenvalue weighted by Crippen LogP contribution is -2.38. The maximum atomic E-state index is 11.1. The first kappa shape index (κ1) is 14.4. The van der Waals surface area contributed by atoms with E-state index in [0.717, 1.165) is 12.8 Å². The third kappa shape index (κ3) is 6.47. The lowest BCUT2D eigenvalue weighted by Gasteiger charge is -2.19. The summed E-state index contributed by atoms with van der Waals surface area (Å²) in [5, 5.41) is 3.31. The number of carbonyl (C=O) groups excluding carboxylic acids is 1. The van der Waals surface area contributed by atoms with Crippen LogP contribution < -0.4 is 5.32 Å². The van der Waals surface area contributed by atoms with Crippen molar-refractivity contribution in [1.29, 1.82) is 0 Å². The van der Waals surface area contributed by atoms with E-state index in [1.807, 2.05) is 6.92 Å². The zero-order valence-electron chi connectivity index (χ0n) is 10.2. The van der Waals surface area contributed by atoms with E-state index in [2.05, 4.69) is 17.0 Å². The Labute approximate surface area is 92.3 Å². The minimum atomic E-state index is -0.171. The largest absolute Gasteiger partial charge is 0.469 e. The topological polar surface area (TPSA) is 47.6 Å². The minimum absolute atomic E-state index is 0.105. The number of methoxy groups -OCH3 is 2. The van der Waals surface area contributed by atoms with Crippen LogP contribution in [0.15, 0.2) is 0 Å². The zero-order chi connectivity index (χ0) is 11.7. The van der Waals surface area contributed by atoms with E-state index in [1.165, 1.54) is 7.11 Å². The van der Waals surface area contributed by atoms with Gasteiger partial charge in [0.2, 0.25) is 0 Å². The van der Waals surface area contributed by atoms with E-state index in [-0.39, 0.29) is 11.9 Å². The standard InChI is InChI=1S/C11H23NO3/c1-5-6-10(8-14-3)12-7-9(2)11(13)15-4/h9-10,12H,5-8H2,1-4H3. The molecule has 15 heavy (non-hydrogen) atoms. The molecule has 0 rings (SSSR count). The molecule has 0 spiro atoms. The fourth-order valence-electron chi connectivity index (χ4n) is 1.42. The first-order valence-corrected chi connectivity index (χ1v) is 5.45. The van der Waals surface area contributed by atoms with Gasteiger partial charge in [-0.25, -0.2) is 0 Å². The Bertz CT molecular complexity index is 167. The van der Waals surface area contributed by atoms with Gasteiger partial charge in [0, 0.05) is 19.7 Å². The molecule has 0 saturated carbocycles. The van der Waals surface area contributed by atoms with Crippen LogP contribution in [0.1, 0.15) is 26.7 Å². The fraction of sp³-hybridized carbons (Fsp3) is 0.909. The van der Waals surface area contributed by atoms with Crippen LogP contribution in [-0.2, 0) is 14.3 Å². The molecule has 0 fully saturated rings. The van der Waals surface area contributed by atoms with E-state index in [9.17, 15) is 4.79 Å². The van der Waals surface area contributed by atoms with Gasteiger partial charge in [0.15, 0.2) is 0 Å². The van der Waals surface area contributed by atoms with Crippen LogP contribution in [-0.4, -0.2) is 39.4 Å². The molecule has 0 aliphatic rings. The fourth-order valence-corrected chi connectivity index (χ4v) is 1.42. The van der Waals surface area contributed by atoms with Gasteiger partial charge < -0.3 is 14.8 Å². The first-order valence-electron chi connectivity index (χ1n) is 5.45. The number of hydrogen-bond acceptors (Lipinski definition) is 4. The molecule has 4 nitrogen and oxygen atoms in total. The summed E-state index contributed by atoms with van der Waals surface area (Å²) in [7, 11) is 3.10. The Morgan fingerprint density at radius 3 is 2.53 bits per heavy atom. The average Bonchev–Trinajstić information content (AvgIpc) is 2.25. The van der Waals surface area contributed by atoms with Crippen molar-refractivity contribution in [2.75, 3.05) is 27.4 Å². The molecule has 0 aromatic heterocycles. The van der Waals surface area contributed by atoms with Crippen LogP contribution in [0.2, 0.25) is 0 Å². The van der Waals surface area contributed by atoms with Crippen molar-refractivity contribution >= 4 is 5.97 Å². The van der Waals surface area contributed by atoms with Crippen LogP contribution in [0.3, 0.4) is 0 Å². The van der Waals surface area contributed by atoms with Gasteiger partial charge in [-0.1, -0.05) is 20.3 Å². The highest BCUT2D eigenvalue weighted by molar-refractivity contribution is 5.72. The molecule has 90 valence electrons. The molecule has 2 unspecified atom stereocenters. The van der Waals surface area contributed by atoms with Crippen LogP contribution in [0.25, 0.3) is 0 Å². The number of esters is 1. The molecule has 0 bridgehead atoms. The highest BCUT2D eigenvalue weighted by Crippen LogP contribution is 2.00. The van der Waals surface area contributed by atoms with Gasteiger partial charge in [-0.05, 0) is 6.42 Å². The van der Waals surface area contributed by atoms with Crippen LogP contribution in [0.4, 0.5) is 0 Å². The summed E-state index contributed by atoms with van der Waals surface area (Å²) in [6.45, 7) is 5.31.